The Kier molecular flexibility index (Phi) is 4.66. The molecule has 0 aliphatic heterocycles. The van der Waals surface area contributed by atoms with Gasteiger partial charge in [0.2, 0.25) is 11.2 Å². The van der Waals surface area contributed by atoms with Gasteiger partial charge < -0.3 is 14.3 Å². The minimum atomic E-state index is -4.91. The van der Waals surface area contributed by atoms with E-state index < -0.39 is 34.5 Å². The number of hydrogen-bond donors (Lipinski definition) is 1. The van der Waals surface area contributed by atoms with Crippen LogP contribution in [0, 0.1) is 0 Å². The molecule has 28 heavy (non-hydrogen) atoms. The van der Waals surface area contributed by atoms with Crippen LogP contribution >= 0.6 is 0 Å². The molecule has 146 valence electrons. The molecular weight excluding hydrogens is 377 g/mol. The van der Waals surface area contributed by atoms with Crippen LogP contribution in [0.25, 0.3) is 22.1 Å². The van der Waals surface area contributed by atoms with Gasteiger partial charge in [-0.2, -0.15) is 13.2 Å². The molecule has 0 spiro atoms. The number of carbonyl (C=O) groups is 1. The fourth-order valence-electron chi connectivity index (χ4n) is 2.64. The van der Waals surface area contributed by atoms with Crippen LogP contribution in [0.3, 0.4) is 0 Å². The molecule has 0 atom stereocenters. The third kappa shape index (κ3) is 3.58. The third-order valence-electron chi connectivity index (χ3n) is 4.07. The van der Waals surface area contributed by atoms with Crippen molar-refractivity contribution in [1.29, 1.82) is 0 Å². The number of carboxylic acids is 1. The zero-order valence-electron chi connectivity index (χ0n) is 14.8. The molecule has 0 saturated heterocycles. The largest absolute Gasteiger partial charge is 0.478 e. The van der Waals surface area contributed by atoms with Crippen molar-refractivity contribution in [1.82, 2.24) is 0 Å². The standard InChI is InChI=1S/C20H15F3O5/c1-19(2,18(25)26)28-12-8-9-13-14(10-12)27-17(20(21,22)23)15(16(13)24)11-6-4-3-5-7-11/h3-10H,1-2H3,(H,25,26). The number of fused-ring (bicyclic) bond motifs is 1. The van der Waals surface area contributed by atoms with Crippen molar-refractivity contribution in [3.8, 4) is 16.9 Å². The van der Waals surface area contributed by atoms with Crippen molar-refractivity contribution < 1.29 is 32.2 Å². The Hall–Kier alpha value is -3.29. The lowest BCUT2D eigenvalue weighted by Gasteiger charge is -2.21. The van der Waals surface area contributed by atoms with Crippen molar-refractivity contribution >= 4 is 16.9 Å². The highest BCUT2D eigenvalue weighted by Gasteiger charge is 2.39. The van der Waals surface area contributed by atoms with E-state index in [4.69, 9.17) is 14.3 Å². The van der Waals surface area contributed by atoms with Crippen molar-refractivity contribution in [2.45, 2.75) is 25.6 Å². The Morgan fingerprint density at radius 3 is 2.29 bits per heavy atom. The van der Waals surface area contributed by atoms with Gasteiger partial charge in [0.15, 0.2) is 5.60 Å². The van der Waals surface area contributed by atoms with Crippen LogP contribution in [-0.4, -0.2) is 16.7 Å². The zero-order valence-corrected chi connectivity index (χ0v) is 14.8. The predicted octanol–water partition coefficient (Wildman–Crippen LogP) is 4.72. The summed E-state index contributed by atoms with van der Waals surface area (Å²) in [4.78, 5) is 24.0. The molecule has 1 N–H and O–H groups in total. The van der Waals surface area contributed by atoms with E-state index in [9.17, 15) is 22.8 Å². The summed E-state index contributed by atoms with van der Waals surface area (Å²) in [5.41, 5.74) is -3.32. The van der Waals surface area contributed by atoms with Gasteiger partial charge in [0.1, 0.15) is 11.3 Å². The van der Waals surface area contributed by atoms with Crippen molar-refractivity contribution in [3.63, 3.8) is 0 Å². The molecule has 1 aromatic heterocycles. The highest BCUT2D eigenvalue weighted by Crippen LogP contribution is 2.37. The monoisotopic (exact) mass is 392 g/mol. The first-order chi connectivity index (χ1) is 13.0. The van der Waals surface area contributed by atoms with Gasteiger partial charge in [0.25, 0.3) is 0 Å². The number of hydrogen-bond acceptors (Lipinski definition) is 4. The number of ether oxygens (including phenoxy) is 1. The Morgan fingerprint density at radius 1 is 1.07 bits per heavy atom. The molecule has 3 rings (SSSR count). The average molecular weight is 392 g/mol. The molecule has 0 radical (unpaired) electrons. The van der Waals surface area contributed by atoms with Gasteiger partial charge in [-0.05, 0) is 31.5 Å². The van der Waals surface area contributed by atoms with Gasteiger partial charge in [-0.25, -0.2) is 4.79 Å². The number of alkyl halides is 3. The second kappa shape index (κ2) is 6.70. The van der Waals surface area contributed by atoms with Crippen LogP contribution in [0.2, 0.25) is 0 Å². The molecule has 3 aromatic rings. The van der Waals surface area contributed by atoms with E-state index in [-0.39, 0.29) is 22.3 Å². The molecule has 0 aliphatic carbocycles. The fourth-order valence-corrected chi connectivity index (χ4v) is 2.64. The van der Waals surface area contributed by atoms with E-state index in [2.05, 4.69) is 0 Å². The Morgan fingerprint density at radius 2 is 1.71 bits per heavy atom. The van der Waals surface area contributed by atoms with Gasteiger partial charge in [0.05, 0.1) is 10.9 Å². The smallest absolute Gasteiger partial charge is 0.450 e. The fraction of sp³-hybridized carbons (Fsp3) is 0.200. The van der Waals surface area contributed by atoms with Gasteiger partial charge in [-0.15, -0.1) is 0 Å². The number of benzene rings is 2. The first-order valence-corrected chi connectivity index (χ1v) is 8.16. The molecule has 2 aromatic carbocycles. The summed E-state index contributed by atoms with van der Waals surface area (Å²) in [6, 6.07) is 11.1. The molecule has 0 aliphatic rings. The van der Waals surface area contributed by atoms with Crippen LogP contribution < -0.4 is 10.2 Å². The van der Waals surface area contributed by atoms with Crippen LogP contribution in [0.5, 0.6) is 5.75 Å². The second-order valence-corrected chi connectivity index (χ2v) is 6.57. The van der Waals surface area contributed by atoms with Crippen molar-refractivity contribution in [2.75, 3.05) is 0 Å². The third-order valence-corrected chi connectivity index (χ3v) is 4.07. The lowest BCUT2D eigenvalue weighted by molar-refractivity contribution is -0.152. The first-order valence-electron chi connectivity index (χ1n) is 8.16. The minimum Gasteiger partial charge on any atom is -0.478 e. The molecule has 5 nitrogen and oxygen atoms in total. The summed E-state index contributed by atoms with van der Waals surface area (Å²) in [5.74, 6) is -2.72. The molecule has 0 unspecified atom stereocenters. The number of aliphatic carboxylic acids is 1. The SMILES string of the molecule is CC(C)(Oc1ccc2c(=O)c(-c3ccccc3)c(C(F)(F)F)oc2c1)C(=O)O. The van der Waals surface area contributed by atoms with Gasteiger partial charge in [-0.1, -0.05) is 30.3 Å². The number of carboxylic acid groups (broad SMARTS) is 1. The van der Waals surface area contributed by atoms with E-state index in [1.165, 1.54) is 50.2 Å². The molecule has 1 heterocycles. The lowest BCUT2D eigenvalue weighted by Crippen LogP contribution is -2.37. The second-order valence-electron chi connectivity index (χ2n) is 6.57. The maximum Gasteiger partial charge on any atom is 0.450 e. The van der Waals surface area contributed by atoms with Crippen LogP contribution in [0.4, 0.5) is 13.2 Å². The highest BCUT2D eigenvalue weighted by molar-refractivity contribution is 5.84. The predicted molar refractivity (Wildman–Crippen MR) is 95.3 cm³/mol. The van der Waals surface area contributed by atoms with Gasteiger partial charge in [0, 0.05) is 6.07 Å². The lowest BCUT2D eigenvalue weighted by atomic mass is 10.0. The average Bonchev–Trinajstić information content (AvgIpc) is 2.61. The first kappa shape index (κ1) is 19.5. The van der Waals surface area contributed by atoms with Crippen molar-refractivity contribution in [2.24, 2.45) is 0 Å². The van der Waals surface area contributed by atoms with E-state index in [0.29, 0.717) is 0 Å². The summed E-state index contributed by atoms with van der Waals surface area (Å²) < 4.78 is 51.1. The van der Waals surface area contributed by atoms with E-state index in [1.807, 2.05) is 0 Å². The van der Waals surface area contributed by atoms with Crippen LogP contribution in [0.1, 0.15) is 19.6 Å². The number of rotatable bonds is 4. The quantitative estimate of drug-likeness (QED) is 0.695. The molecule has 0 amide bonds. The van der Waals surface area contributed by atoms with Gasteiger partial charge in [-0.3, -0.25) is 4.79 Å². The summed E-state index contributed by atoms with van der Waals surface area (Å²) in [6.45, 7) is 2.57. The summed E-state index contributed by atoms with van der Waals surface area (Å²) in [5, 5.41) is 9.05. The maximum atomic E-state index is 13.6. The summed E-state index contributed by atoms with van der Waals surface area (Å²) in [7, 11) is 0. The molecular formula is C20H15F3O5. The summed E-state index contributed by atoms with van der Waals surface area (Å²) in [6.07, 6.45) is -4.91. The normalized spacial score (nSPS) is 12.2. The van der Waals surface area contributed by atoms with Gasteiger partial charge >= 0.3 is 12.1 Å². The zero-order chi connectivity index (χ0) is 20.7. The van der Waals surface area contributed by atoms with E-state index >= 15 is 0 Å². The Bertz CT molecular complexity index is 1100. The van der Waals surface area contributed by atoms with Crippen LogP contribution in [-0.2, 0) is 11.0 Å². The molecule has 0 bridgehead atoms. The Balaban J connectivity index is 2.25. The summed E-state index contributed by atoms with van der Waals surface area (Å²) >= 11 is 0. The van der Waals surface area contributed by atoms with Crippen LogP contribution in [0.15, 0.2) is 57.7 Å². The Labute approximate surface area is 157 Å². The molecule has 8 heteroatoms. The van der Waals surface area contributed by atoms with E-state index in [1.54, 1.807) is 6.07 Å². The molecule has 0 saturated carbocycles. The molecule has 0 fully saturated rings. The highest BCUT2D eigenvalue weighted by atomic mass is 19.4. The number of halogens is 3. The topological polar surface area (TPSA) is 76.7 Å². The minimum absolute atomic E-state index is 0.0383. The maximum absolute atomic E-state index is 13.6. The van der Waals surface area contributed by atoms with Crippen molar-refractivity contribution in [3.05, 3.63) is 64.5 Å². The van der Waals surface area contributed by atoms with E-state index in [0.717, 1.165) is 6.07 Å².